The van der Waals surface area contributed by atoms with Crippen LogP contribution in [0.5, 0.6) is 11.5 Å². The highest BCUT2D eigenvalue weighted by atomic mass is 127. The van der Waals surface area contributed by atoms with Crippen molar-refractivity contribution in [1.29, 1.82) is 0 Å². The van der Waals surface area contributed by atoms with Gasteiger partial charge in [0, 0.05) is 50.2 Å². The van der Waals surface area contributed by atoms with Crippen LogP contribution >= 0.6 is 22.6 Å². The van der Waals surface area contributed by atoms with Crippen LogP contribution in [-0.4, -0.2) is 23.8 Å². The molecule has 8 heteroatoms. The normalized spacial score (nSPS) is 18.0. The number of aryl methyl sites for hydroxylation is 1. The molecule has 2 aromatic carbocycles. The molecule has 41 heavy (non-hydrogen) atoms. The zero-order valence-corrected chi connectivity index (χ0v) is 26.1. The highest BCUT2D eigenvalue weighted by Crippen LogP contribution is 2.47. The summed E-state index contributed by atoms with van der Waals surface area (Å²) in [7, 11) is 1.62. The van der Waals surface area contributed by atoms with E-state index >= 15 is 0 Å². The number of carbonyl (C=O) groups is 2. The van der Waals surface area contributed by atoms with Crippen LogP contribution in [0.1, 0.15) is 56.2 Å². The van der Waals surface area contributed by atoms with Crippen molar-refractivity contribution in [3.05, 3.63) is 104 Å². The van der Waals surface area contributed by atoms with Gasteiger partial charge in [0.1, 0.15) is 23.9 Å². The molecule has 0 fully saturated rings. The fourth-order valence-corrected chi connectivity index (χ4v) is 6.00. The van der Waals surface area contributed by atoms with Gasteiger partial charge in [-0.15, -0.1) is 0 Å². The van der Waals surface area contributed by atoms with Gasteiger partial charge in [0.2, 0.25) is 0 Å². The number of amides is 1. The maximum atomic E-state index is 13.9. The first-order chi connectivity index (χ1) is 19.6. The summed E-state index contributed by atoms with van der Waals surface area (Å²) in [6.45, 7) is 8.27. The maximum Gasteiger partial charge on any atom is 0.255 e. The van der Waals surface area contributed by atoms with Gasteiger partial charge >= 0.3 is 0 Å². The topological polar surface area (TPSA) is 89.5 Å². The van der Waals surface area contributed by atoms with Crippen molar-refractivity contribution in [2.75, 3.05) is 12.4 Å². The molecule has 2 N–H and O–H groups in total. The minimum absolute atomic E-state index is 0.0491. The first kappa shape index (κ1) is 28.9. The van der Waals surface area contributed by atoms with E-state index in [-0.39, 0.29) is 23.7 Å². The Morgan fingerprint density at radius 3 is 2.59 bits per heavy atom. The number of dihydropyridines is 1. The van der Waals surface area contributed by atoms with Crippen LogP contribution in [0.4, 0.5) is 5.82 Å². The summed E-state index contributed by atoms with van der Waals surface area (Å²) < 4.78 is 12.9. The lowest BCUT2D eigenvalue weighted by molar-refractivity contribution is -0.118. The van der Waals surface area contributed by atoms with Crippen LogP contribution < -0.4 is 20.1 Å². The average molecular weight is 664 g/mol. The predicted molar refractivity (Wildman–Crippen MR) is 168 cm³/mol. The molecule has 1 aliphatic carbocycles. The number of ketones is 1. The van der Waals surface area contributed by atoms with E-state index in [0.717, 1.165) is 43.8 Å². The Balaban J connectivity index is 1.57. The molecule has 2 heterocycles. The molecule has 1 aliphatic heterocycles. The SMILES string of the molecule is COc1ccc(C2C(C(=O)Nc3ncccc3C)=C(C)NC3=C2C(=O)CC(C)(C)C3)cc1COc1ccc(I)cc1. The number of aromatic nitrogens is 1. The van der Waals surface area contributed by atoms with E-state index in [1.807, 2.05) is 68.4 Å². The van der Waals surface area contributed by atoms with Gasteiger partial charge in [0.15, 0.2) is 5.78 Å². The molecule has 1 atom stereocenters. The lowest BCUT2D eigenvalue weighted by Crippen LogP contribution is -2.39. The number of Topliss-reactive ketones (excluding diaryl/α,β-unsaturated/α-hetero) is 1. The molecule has 3 aromatic rings. The van der Waals surface area contributed by atoms with Crippen LogP contribution in [0.3, 0.4) is 0 Å². The third-order valence-corrected chi connectivity index (χ3v) is 8.29. The molecular weight excluding hydrogens is 629 g/mol. The highest BCUT2D eigenvalue weighted by molar-refractivity contribution is 14.1. The number of hydrogen-bond acceptors (Lipinski definition) is 6. The van der Waals surface area contributed by atoms with Crippen LogP contribution in [0.15, 0.2) is 83.3 Å². The number of ether oxygens (including phenoxy) is 2. The van der Waals surface area contributed by atoms with Crippen molar-refractivity contribution < 1.29 is 19.1 Å². The van der Waals surface area contributed by atoms with Crippen molar-refractivity contribution in [3.63, 3.8) is 0 Å². The molecule has 1 unspecified atom stereocenters. The molecule has 5 rings (SSSR count). The molecular formula is C33H34IN3O4. The standard InChI is InChI=1S/C33H34IN3O4/c1-19-7-6-14-35-31(19)37-32(39)28-20(2)36-25-16-33(3,4)17-26(38)30(25)29(28)21-8-13-27(40-5)22(15-21)18-41-24-11-9-23(34)10-12-24/h6-15,29,36H,16-18H2,1-5H3,(H,35,37,39). The largest absolute Gasteiger partial charge is 0.496 e. The van der Waals surface area contributed by atoms with Crippen LogP contribution in [0.2, 0.25) is 0 Å². The van der Waals surface area contributed by atoms with Crippen molar-refractivity contribution in [1.82, 2.24) is 10.3 Å². The second kappa shape index (κ2) is 11.7. The van der Waals surface area contributed by atoms with E-state index in [1.165, 1.54) is 0 Å². The van der Waals surface area contributed by atoms with Crippen molar-refractivity contribution >= 4 is 40.1 Å². The number of halogens is 1. The monoisotopic (exact) mass is 663 g/mol. The molecule has 0 saturated heterocycles. The third-order valence-electron chi connectivity index (χ3n) is 7.57. The number of methoxy groups -OCH3 is 1. The Bertz CT molecular complexity index is 1570. The number of hydrogen-bond donors (Lipinski definition) is 2. The molecule has 0 radical (unpaired) electrons. The number of carbonyl (C=O) groups excluding carboxylic acids is 2. The minimum Gasteiger partial charge on any atom is -0.496 e. The summed E-state index contributed by atoms with van der Waals surface area (Å²) in [4.78, 5) is 32.0. The fourth-order valence-electron chi connectivity index (χ4n) is 5.64. The van der Waals surface area contributed by atoms with E-state index < -0.39 is 5.92 Å². The molecule has 0 spiro atoms. The predicted octanol–water partition coefficient (Wildman–Crippen LogP) is 6.82. The number of allylic oxidation sites excluding steroid dienone is 3. The summed E-state index contributed by atoms with van der Waals surface area (Å²) >= 11 is 2.26. The number of benzene rings is 2. The van der Waals surface area contributed by atoms with Gasteiger partial charge in [0.05, 0.1) is 7.11 Å². The highest BCUT2D eigenvalue weighted by Gasteiger charge is 2.43. The number of rotatable bonds is 7. The minimum atomic E-state index is -0.554. The van der Waals surface area contributed by atoms with E-state index in [2.05, 4.69) is 52.1 Å². The van der Waals surface area contributed by atoms with Crippen LogP contribution in [0.25, 0.3) is 0 Å². The fraction of sp³-hybridized carbons (Fsp3) is 0.303. The van der Waals surface area contributed by atoms with E-state index in [0.29, 0.717) is 29.1 Å². The van der Waals surface area contributed by atoms with Gasteiger partial charge in [-0.1, -0.05) is 26.0 Å². The van der Waals surface area contributed by atoms with Crippen molar-refractivity contribution in [3.8, 4) is 11.5 Å². The van der Waals surface area contributed by atoms with E-state index in [9.17, 15) is 9.59 Å². The summed E-state index contributed by atoms with van der Waals surface area (Å²) in [5, 5.41) is 6.42. The van der Waals surface area contributed by atoms with Crippen LogP contribution in [-0.2, 0) is 16.2 Å². The van der Waals surface area contributed by atoms with Gasteiger partial charge < -0.3 is 20.1 Å². The van der Waals surface area contributed by atoms with E-state index in [1.54, 1.807) is 13.3 Å². The Morgan fingerprint density at radius 2 is 1.88 bits per heavy atom. The molecule has 2 aliphatic rings. The molecule has 212 valence electrons. The lowest BCUT2D eigenvalue weighted by Gasteiger charge is -2.39. The summed E-state index contributed by atoms with van der Waals surface area (Å²) in [5.74, 6) is 1.12. The smallest absolute Gasteiger partial charge is 0.255 e. The number of anilines is 1. The Hall–Kier alpha value is -3.66. The van der Waals surface area contributed by atoms with Gasteiger partial charge in [0.25, 0.3) is 5.91 Å². The first-order valence-electron chi connectivity index (χ1n) is 13.6. The quantitative estimate of drug-likeness (QED) is 0.270. The summed E-state index contributed by atoms with van der Waals surface area (Å²) in [6.07, 6.45) is 2.78. The van der Waals surface area contributed by atoms with Gasteiger partial charge in [-0.05, 0) is 102 Å². The van der Waals surface area contributed by atoms with Gasteiger partial charge in [-0.25, -0.2) is 4.98 Å². The first-order valence-corrected chi connectivity index (χ1v) is 14.7. The Kier molecular flexibility index (Phi) is 8.22. The molecule has 0 saturated carbocycles. The Morgan fingerprint density at radius 1 is 1.12 bits per heavy atom. The van der Waals surface area contributed by atoms with Gasteiger partial charge in [-0.2, -0.15) is 0 Å². The van der Waals surface area contributed by atoms with E-state index in [4.69, 9.17) is 9.47 Å². The Labute approximate surface area is 254 Å². The zero-order chi connectivity index (χ0) is 29.3. The molecule has 0 bridgehead atoms. The maximum absolute atomic E-state index is 13.9. The molecule has 1 amide bonds. The third kappa shape index (κ3) is 6.17. The summed E-state index contributed by atoms with van der Waals surface area (Å²) in [6, 6.07) is 17.4. The second-order valence-electron chi connectivity index (χ2n) is 11.4. The number of pyridine rings is 1. The average Bonchev–Trinajstić information content (AvgIpc) is 2.92. The zero-order valence-electron chi connectivity index (χ0n) is 23.9. The lowest BCUT2D eigenvalue weighted by atomic mass is 9.68. The van der Waals surface area contributed by atoms with Crippen molar-refractivity contribution in [2.24, 2.45) is 5.41 Å². The number of nitrogens with zero attached hydrogens (tertiary/aromatic N) is 1. The second-order valence-corrected chi connectivity index (χ2v) is 12.6. The number of nitrogens with one attached hydrogen (secondary N) is 2. The molecule has 1 aromatic heterocycles. The summed E-state index contributed by atoms with van der Waals surface area (Å²) in [5.41, 5.74) is 5.08. The van der Waals surface area contributed by atoms with Crippen LogP contribution in [0, 0.1) is 15.9 Å². The molecule has 7 nitrogen and oxygen atoms in total. The van der Waals surface area contributed by atoms with Gasteiger partial charge in [-0.3, -0.25) is 9.59 Å². The van der Waals surface area contributed by atoms with Crippen molar-refractivity contribution in [2.45, 2.75) is 53.1 Å².